The third-order valence-corrected chi connectivity index (χ3v) is 4.43. The van der Waals surface area contributed by atoms with Gasteiger partial charge in [0.1, 0.15) is 0 Å². The molecule has 0 aliphatic rings. The van der Waals surface area contributed by atoms with Gasteiger partial charge in [-0.3, -0.25) is 9.82 Å². The fraction of sp³-hybridized carbons (Fsp3) is 0.308. The third kappa shape index (κ3) is 3.17. The molecule has 0 aliphatic carbocycles. The van der Waals surface area contributed by atoms with Crippen LogP contribution >= 0.6 is 0 Å². The van der Waals surface area contributed by atoms with Crippen molar-refractivity contribution < 1.29 is 8.42 Å². The van der Waals surface area contributed by atoms with Gasteiger partial charge in [-0.1, -0.05) is 30.3 Å². The summed E-state index contributed by atoms with van der Waals surface area (Å²) in [7, 11) is -2.06. The number of aromatic amines is 1. The second kappa shape index (κ2) is 5.64. The van der Waals surface area contributed by atoms with Gasteiger partial charge in [-0.15, -0.1) is 0 Å². The van der Waals surface area contributed by atoms with Crippen molar-refractivity contribution in [1.82, 2.24) is 14.5 Å². The van der Waals surface area contributed by atoms with E-state index in [1.807, 2.05) is 30.3 Å². The number of rotatable bonds is 5. The molecule has 2 rings (SSSR count). The third-order valence-electron chi connectivity index (χ3n) is 3.02. The Morgan fingerprint density at radius 1 is 1.25 bits per heavy atom. The van der Waals surface area contributed by atoms with Crippen LogP contribution in [0.4, 0.5) is 5.69 Å². The summed E-state index contributed by atoms with van der Waals surface area (Å²) in [5.41, 5.74) is 2.75. The van der Waals surface area contributed by atoms with Gasteiger partial charge in [0.05, 0.1) is 17.1 Å². The Morgan fingerprint density at radius 3 is 2.45 bits per heavy atom. The van der Waals surface area contributed by atoms with E-state index in [1.165, 1.54) is 4.31 Å². The molecule has 0 fully saturated rings. The molecule has 0 radical (unpaired) electrons. The van der Waals surface area contributed by atoms with E-state index in [1.54, 1.807) is 20.9 Å². The molecule has 20 heavy (non-hydrogen) atoms. The van der Waals surface area contributed by atoms with Crippen molar-refractivity contribution >= 4 is 15.9 Å². The van der Waals surface area contributed by atoms with Gasteiger partial charge in [0.2, 0.25) is 0 Å². The molecule has 0 bridgehead atoms. The van der Waals surface area contributed by atoms with Crippen molar-refractivity contribution in [2.24, 2.45) is 0 Å². The first-order valence-electron chi connectivity index (χ1n) is 6.19. The second-order valence-corrected chi connectivity index (χ2v) is 6.44. The fourth-order valence-electron chi connectivity index (χ4n) is 1.83. The highest BCUT2D eigenvalue weighted by Crippen LogP contribution is 2.19. The Morgan fingerprint density at radius 2 is 1.90 bits per heavy atom. The number of aryl methyl sites for hydroxylation is 2. The number of hydrogen-bond acceptors (Lipinski definition) is 3. The minimum Gasteiger partial charge on any atom is -0.280 e. The SMILES string of the molecule is Cc1n[nH]c(C)c1NS(=O)(=O)N(C)Cc1ccccc1. The molecular weight excluding hydrogens is 276 g/mol. The van der Waals surface area contributed by atoms with E-state index >= 15 is 0 Å². The summed E-state index contributed by atoms with van der Waals surface area (Å²) >= 11 is 0. The van der Waals surface area contributed by atoms with Crippen LogP contribution in [0.2, 0.25) is 0 Å². The molecule has 0 atom stereocenters. The van der Waals surface area contributed by atoms with Crippen LogP contribution in [0, 0.1) is 13.8 Å². The van der Waals surface area contributed by atoms with Crippen LogP contribution < -0.4 is 4.72 Å². The van der Waals surface area contributed by atoms with Crippen molar-refractivity contribution in [1.29, 1.82) is 0 Å². The molecule has 1 aromatic heterocycles. The quantitative estimate of drug-likeness (QED) is 0.883. The highest BCUT2D eigenvalue weighted by atomic mass is 32.2. The Bertz CT molecular complexity index is 660. The smallest absolute Gasteiger partial charge is 0.280 e. The van der Waals surface area contributed by atoms with E-state index in [-0.39, 0.29) is 0 Å². The molecule has 0 unspecified atom stereocenters. The average Bonchev–Trinajstić information content (AvgIpc) is 2.71. The van der Waals surface area contributed by atoms with Crippen LogP contribution in [-0.4, -0.2) is 30.0 Å². The number of aromatic nitrogens is 2. The molecule has 1 aromatic carbocycles. The topological polar surface area (TPSA) is 78.1 Å². The lowest BCUT2D eigenvalue weighted by Gasteiger charge is -2.18. The van der Waals surface area contributed by atoms with Crippen molar-refractivity contribution in [3.63, 3.8) is 0 Å². The van der Waals surface area contributed by atoms with E-state index in [4.69, 9.17) is 0 Å². The minimum atomic E-state index is -3.60. The Balaban J connectivity index is 2.14. The molecule has 0 spiro atoms. The standard InChI is InChI=1S/C13H18N4O2S/c1-10-13(11(2)15-14-10)16-20(18,19)17(3)9-12-7-5-4-6-8-12/h4-8,16H,9H2,1-3H3,(H,14,15). The van der Waals surface area contributed by atoms with Crippen LogP contribution in [0.3, 0.4) is 0 Å². The van der Waals surface area contributed by atoms with Crippen molar-refractivity contribution in [2.75, 3.05) is 11.8 Å². The first-order chi connectivity index (χ1) is 9.40. The molecule has 6 nitrogen and oxygen atoms in total. The minimum absolute atomic E-state index is 0.312. The highest BCUT2D eigenvalue weighted by molar-refractivity contribution is 7.90. The molecular formula is C13H18N4O2S. The maximum absolute atomic E-state index is 12.3. The summed E-state index contributed by atoms with van der Waals surface area (Å²) < 4.78 is 28.4. The van der Waals surface area contributed by atoms with Crippen LogP contribution in [0.5, 0.6) is 0 Å². The molecule has 0 aliphatic heterocycles. The summed E-state index contributed by atoms with van der Waals surface area (Å²) in [6.07, 6.45) is 0. The molecule has 108 valence electrons. The highest BCUT2D eigenvalue weighted by Gasteiger charge is 2.20. The fourth-order valence-corrected chi connectivity index (χ4v) is 2.87. The number of hydrogen-bond donors (Lipinski definition) is 2. The normalized spacial score (nSPS) is 11.8. The molecule has 2 N–H and O–H groups in total. The predicted molar refractivity (Wildman–Crippen MR) is 78.5 cm³/mol. The molecule has 7 heteroatoms. The van der Waals surface area contributed by atoms with Crippen LogP contribution in [-0.2, 0) is 16.8 Å². The van der Waals surface area contributed by atoms with Crippen LogP contribution in [0.15, 0.2) is 30.3 Å². The Labute approximate surface area is 119 Å². The Hall–Kier alpha value is -1.86. The molecule has 0 saturated carbocycles. The number of nitrogens with zero attached hydrogens (tertiary/aromatic N) is 2. The van der Waals surface area contributed by atoms with E-state index in [0.29, 0.717) is 23.6 Å². The lowest BCUT2D eigenvalue weighted by Crippen LogP contribution is -2.32. The number of nitrogens with one attached hydrogen (secondary N) is 2. The van der Waals surface area contributed by atoms with Gasteiger partial charge >= 0.3 is 10.2 Å². The molecule has 0 saturated heterocycles. The number of H-pyrrole nitrogens is 1. The summed E-state index contributed by atoms with van der Waals surface area (Å²) in [6.45, 7) is 3.83. The Kier molecular flexibility index (Phi) is 4.10. The molecule has 0 amide bonds. The monoisotopic (exact) mass is 294 g/mol. The van der Waals surface area contributed by atoms with E-state index < -0.39 is 10.2 Å². The van der Waals surface area contributed by atoms with Gasteiger partial charge in [0.25, 0.3) is 0 Å². The lowest BCUT2D eigenvalue weighted by molar-refractivity contribution is 0.471. The summed E-state index contributed by atoms with van der Waals surface area (Å²) in [4.78, 5) is 0. The zero-order valence-electron chi connectivity index (χ0n) is 11.7. The van der Waals surface area contributed by atoms with Gasteiger partial charge in [-0.05, 0) is 19.4 Å². The van der Waals surface area contributed by atoms with E-state index in [0.717, 1.165) is 5.56 Å². The summed E-state index contributed by atoms with van der Waals surface area (Å²) in [5, 5.41) is 6.73. The number of anilines is 1. The first kappa shape index (κ1) is 14.5. The van der Waals surface area contributed by atoms with Crippen molar-refractivity contribution in [3.8, 4) is 0 Å². The van der Waals surface area contributed by atoms with Gasteiger partial charge < -0.3 is 0 Å². The van der Waals surface area contributed by atoms with E-state index in [9.17, 15) is 8.42 Å². The van der Waals surface area contributed by atoms with Crippen molar-refractivity contribution in [2.45, 2.75) is 20.4 Å². The molecule has 1 heterocycles. The largest absolute Gasteiger partial charge is 0.301 e. The average molecular weight is 294 g/mol. The molecule has 2 aromatic rings. The summed E-state index contributed by atoms with van der Waals surface area (Å²) in [5.74, 6) is 0. The zero-order valence-corrected chi connectivity index (χ0v) is 12.5. The van der Waals surface area contributed by atoms with Crippen molar-refractivity contribution in [3.05, 3.63) is 47.3 Å². The maximum Gasteiger partial charge on any atom is 0.301 e. The second-order valence-electron chi connectivity index (χ2n) is 4.66. The number of benzene rings is 1. The summed E-state index contributed by atoms with van der Waals surface area (Å²) in [6, 6.07) is 9.44. The van der Waals surface area contributed by atoms with Gasteiger partial charge in [-0.2, -0.15) is 17.8 Å². The first-order valence-corrected chi connectivity index (χ1v) is 7.63. The van der Waals surface area contributed by atoms with Gasteiger partial charge in [0, 0.05) is 13.6 Å². The zero-order chi connectivity index (χ0) is 14.8. The maximum atomic E-state index is 12.3. The van der Waals surface area contributed by atoms with Crippen LogP contribution in [0.1, 0.15) is 17.0 Å². The van der Waals surface area contributed by atoms with Gasteiger partial charge in [0.15, 0.2) is 0 Å². The lowest BCUT2D eigenvalue weighted by atomic mass is 10.2. The van der Waals surface area contributed by atoms with Gasteiger partial charge in [-0.25, -0.2) is 0 Å². The predicted octanol–water partition coefficient (Wildman–Crippen LogP) is 1.82. The van der Waals surface area contributed by atoms with E-state index in [2.05, 4.69) is 14.9 Å². The van der Waals surface area contributed by atoms with Crippen LogP contribution in [0.25, 0.3) is 0 Å².